The van der Waals surface area contributed by atoms with Gasteiger partial charge in [-0.2, -0.15) is 0 Å². The molecule has 0 spiro atoms. The summed E-state index contributed by atoms with van der Waals surface area (Å²) in [6.45, 7) is 0. The molecular weight excluding hydrogens is 322 g/mol. The first-order valence-corrected chi connectivity index (χ1v) is 7.87. The van der Waals surface area contributed by atoms with E-state index in [0.29, 0.717) is 0 Å². The van der Waals surface area contributed by atoms with E-state index < -0.39 is 11.2 Å². The molecular formula is C19H15NO5. The Bertz CT molecular complexity index is 814. The van der Waals surface area contributed by atoms with Crippen LogP contribution < -0.4 is 0 Å². The summed E-state index contributed by atoms with van der Waals surface area (Å²) < 4.78 is 17.4. The summed E-state index contributed by atoms with van der Waals surface area (Å²) in [6.07, 6.45) is -1.47. The first kappa shape index (κ1) is 15.6. The minimum absolute atomic E-state index is 0.283. The van der Waals surface area contributed by atoms with Crippen LogP contribution in [0.2, 0.25) is 0 Å². The Balaban J connectivity index is 1.67. The van der Waals surface area contributed by atoms with Crippen LogP contribution in [0, 0.1) is 10.1 Å². The smallest absolute Gasteiger partial charge is 0.400 e. The molecule has 0 amide bonds. The maximum Gasteiger partial charge on any atom is 0.433 e. The molecule has 6 heteroatoms. The molecule has 3 aromatic rings. The first-order valence-electron chi connectivity index (χ1n) is 7.87. The topological polar surface area (TPSA) is 74.7 Å². The van der Waals surface area contributed by atoms with Gasteiger partial charge in [0.15, 0.2) is 5.76 Å². The van der Waals surface area contributed by atoms with Crippen LogP contribution in [0.5, 0.6) is 0 Å². The molecule has 2 atom stereocenters. The van der Waals surface area contributed by atoms with Crippen LogP contribution >= 0.6 is 0 Å². The van der Waals surface area contributed by atoms with E-state index in [1.54, 1.807) is 0 Å². The number of hydrogen-bond acceptors (Lipinski definition) is 5. The van der Waals surface area contributed by atoms with Crippen molar-refractivity contribution in [3.05, 3.63) is 99.8 Å². The Kier molecular flexibility index (Phi) is 4.05. The maximum absolute atomic E-state index is 10.8. The van der Waals surface area contributed by atoms with Crippen LogP contribution in [0.1, 0.15) is 35.4 Å². The highest BCUT2D eigenvalue weighted by Gasteiger charge is 2.40. The number of hydrogen-bond donors (Lipinski definition) is 0. The van der Waals surface area contributed by atoms with Crippen molar-refractivity contribution < 1.29 is 18.8 Å². The van der Waals surface area contributed by atoms with Crippen LogP contribution in [0.3, 0.4) is 0 Å². The van der Waals surface area contributed by atoms with E-state index >= 15 is 0 Å². The summed E-state index contributed by atoms with van der Waals surface area (Å²) in [7, 11) is 0. The van der Waals surface area contributed by atoms with E-state index in [1.165, 1.54) is 12.1 Å². The van der Waals surface area contributed by atoms with Gasteiger partial charge in [0, 0.05) is 0 Å². The molecule has 0 aliphatic carbocycles. The molecule has 0 saturated carbocycles. The Morgan fingerprint density at radius 1 is 0.760 bits per heavy atom. The van der Waals surface area contributed by atoms with Crippen molar-refractivity contribution >= 4 is 5.88 Å². The second-order valence-electron chi connectivity index (χ2n) is 5.70. The molecule has 0 bridgehead atoms. The number of nitro groups is 1. The van der Waals surface area contributed by atoms with E-state index in [2.05, 4.69) is 0 Å². The molecule has 2 heterocycles. The van der Waals surface area contributed by atoms with E-state index in [4.69, 9.17) is 13.9 Å². The lowest BCUT2D eigenvalue weighted by Gasteiger charge is -2.17. The van der Waals surface area contributed by atoms with Crippen molar-refractivity contribution in [3.63, 3.8) is 0 Å². The number of benzene rings is 2. The van der Waals surface area contributed by atoms with Gasteiger partial charge in [0.25, 0.3) is 0 Å². The minimum Gasteiger partial charge on any atom is -0.400 e. The molecule has 0 N–H and O–H groups in total. The zero-order valence-electron chi connectivity index (χ0n) is 13.1. The standard InChI is InChI=1S/C19H15NO5/c21-20(22)16-12-11-15(23-16)19-24-17(13-7-3-1-4-8-13)18(25-19)14-9-5-2-6-10-14/h1-12,17-19H. The second-order valence-corrected chi connectivity index (χ2v) is 5.70. The second kappa shape index (κ2) is 6.51. The van der Waals surface area contributed by atoms with Gasteiger partial charge in [-0.1, -0.05) is 60.7 Å². The number of ether oxygens (including phenoxy) is 2. The molecule has 1 aromatic heterocycles. The number of rotatable bonds is 4. The maximum atomic E-state index is 10.8. The predicted octanol–water partition coefficient (Wildman–Crippen LogP) is 4.72. The fraction of sp³-hybridized carbons (Fsp3) is 0.158. The molecule has 1 fully saturated rings. The van der Waals surface area contributed by atoms with Gasteiger partial charge in [0.2, 0.25) is 6.29 Å². The van der Waals surface area contributed by atoms with Crippen molar-refractivity contribution in [3.8, 4) is 0 Å². The Morgan fingerprint density at radius 2 is 1.28 bits per heavy atom. The molecule has 1 aliphatic heterocycles. The van der Waals surface area contributed by atoms with E-state index in [9.17, 15) is 10.1 Å². The van der Waals surface area contributed by atoms with Gasteiger partial charge < -0.3 is 13.9 Å². The van der Waals surface area contributed by atoms with Crippen LogP contribution in [0.4, 0.5) is 5.88 Å². The van der Waals surface area contributed by atoms with Crippen molar-refractivity contribution in [2.75, 3.05) is 0 Å². The SMILES string of the molecule is O=[N+]([O-])c1ccc(C2OC(c3ccccc3)C(c3ccccc3)O2)o1. The van der Waals surface area contributed by atoms with Gasteiger partial charge in [-0.15, -0.1) is 0 Å². The van der Waals surface area contributed by atoms with E-state index in [1.807, 2.05) is 60.7 Å². The molecule has 6 nitrogen and oxygen atoms in total. The molecule has 1 aliphatic rings. The van der Waals surface area contributed by atoms with Crippen LogP contribution in [-0.2, 0) is 9.47 Å². The minimum atomic E-state index is -0.802. The van der Waals surface area contributed by atoms with E-state index in [0.717, 1.165) is 11.1 Å². The summed E-state index contributed by atoms with van der Waals surface area (Å²) in [4.78, 5) is 10.2. The summed E-state index contributed by atoms with van der Waals surface area (Å²) >= 11 is 0. The van der Waals surface area contributed by atoms with Gasteiger partial charge in [0.05, 0.1) is 6.07 Å². The van der Waals surface area contributed by atoms with Crippen LogP contribution in [0.15, 0.2) is 77.2 Å². The first-order chi connectivity index (χ1) is 12.2. The lowest BCUT2D eigenvalue weighted by Crippen LogP contribution is -2.06. The highest BCUT2D eigenvalue weighted by Crippen LogP contribution is 2.48. The summed E-state index contributed by atoms with van der Waals surface area (Å²) in [6, 6.07) is 22.3. The molecule has 126 valence electrons. The lowest BCUT2D eigenvalue weighted by molar-refractivity contribution is -0.402. The Hall–Kier alpha value is -2.96. The van der Waals surface area contributed by atoms with Crippen molar-refractivity contribution in [2.24, 2.45) is 0 Å². The van der Waals surface area contributed by atoms with Gasteiger partial charge in [-0.25, -0.2) is 0 Å². The monoisotopic (exact) mass is 337 g/mol. The molecule has 2 unspecified atom stereocenters. The average Bonchev–Trinajstić information content (AvgIpc) is 3.30. The Morgan fingerprint density at radius 3 is 1.72 bits per heavy atom. The van der Waals surface area contributed by atoms with Gasteiger partial charge >= 0.3 is 5.88 Å². The highest BCUT2D eigenvalue weighted by atomic mass is 16.7. The summed E-state index contributed by atoms with van der Waals surface area (Å²) in [5.74, 6) is -0.0484. The third-order valence-electron chi connectivity index (χ3n) is 4.10. The van der Waals surface area contributed by atoms with Gasteiger partial charge in [-0.3, -0.25) is 10.1 Å². The summed E-state index contributed by atoms with van der Waals surface area (Å²) in [5, 5.41) is 10.8. The van der Waals surface area contributed by atoms with E-state index in [-0.39, 0.29) is 23.9 Å². The lowest BCUT2D eigenvalue weighted by atomic mass is 9.99. The fourth-order valence-electron chi connectivity index (χ4n) is 2.93. The predicted molar refractivity (Wildman–Crippen MR) is 88.6 cm³/mol. The van der Waals surface area contributed by atoms with Gasteiger partial charge in [0.1, 0.15) is 17.1 Å². The van der Waals surface area contributed by atoms with Crippen LogP contribution in [0.25, 0.3) is 0 Å². The third kappa shape index (κ3) is 3.05. The Labute approximate surface area is 143 Å². The third-order valence-corrected chi connectivity index (χ3v) is 4.10. The van der Waals surface area contributed by atoms with Crippen molar-refractivity contribution in [1.82, 2.24) is 0 Å². The molecule has 2 aromatic carbocycles. The number of furan rings is 1. The zero-order chi connectivity index (χ0) is 17.2. The number of nitrogens with zero attached hydrogens (tertiary/aromatic N) is 1. The van der Waals surface area contributed by atoms with Crippen molar-refractivity contribution in [1.29, 1.82) is 0 Å². The van der Waals surface area contributed by atoms with Crippen molar-refractivity contribution in [2.45, 2.75) is 18.5 Å². The quantitative estimate of drug-likeness (QED) is 0.509. The molecule has 0 radical (unpaired) electrons. The average molecular weight is 337 g/mol. The highest BCUT2D eigenvalue weighted by molar-refractivity contribution is 5.27. The normalized spacial score (nSPS) is 22.8. The summed E-state index contributed by atoms with van der Waals surface area (Å²) in [5.41, 5.74) is 1.94. The molecule has 1 saturated heterocycles. The van der Waals surface area contributed by atoms with Crippen LogP contribution in [-0.4, -0.2) is 4.92 Å². The fourth-order valence-corrected chi connectivity index (χ4v) is 2.93. The largest absolute Gasteiger partial charge is 0.433 e. The zero-order valence-corrected chi connectivity index (χ0v) is 13.1. The van der Waals surface area contributed by atoms with Gasteiger partial charge in [-0.05, 0) is 17.2 Å². The molecule has 4 rings (SSSR count). The molecule has 25 heavy (non-hydrogen) atoms.